The third-order valence-corrected chi connectivity index (χ3v) is 12.6. The second-order valence-corrected chi connectivity index (χ2v) is 16.2. The standard InChI is InChI=1S/C34H42F3NO3Si/c1-7-23-33(6,41-30(27-17-11-8-12-18-27)26(2)38-31(39)34(35,36)37)24-25-40-42(32(3,4)5,28-19-13-9-14-20-28)29-21-15-10-16-22-29/h7-22,26,30H,1,23-25H2,2-6H3,(H,38,39)/t26-,30+,33-/m0/s1. The van der Waals surface area contributed by atoms with Crippen LogP contribution in [0.3, 0.4) is 0 Å². The van der Waals surface area contributed by atoms with Crippen molar-refractivity contribution in [3.63, 3.8) is 0 Å². The van der Waals surface area contributed by atoms with E-state index in [1.54, 1.807) is 30.3 Å². The van der Waals surface area contributed by atoms with Crippen molar-refractivity contribution < 1.29 is 27.1 Å². The van der Waals surface area contributed by atoms with Gasteiger partial charge in [0.05, 0.1) is 11.6 Å². The van der Waals surface area contributed by atoms with Crippen molar-refractivity contribution in [3.8, 4) is 0 Å². The van der Waals surface area contributed by atoms with Crippen molar-refractivity contribution in [2.45, 2.75) is 76.4 Å². The van der Waals surface area contributed by atoms with Crippen LogP contribution >= 0.6 is 0 Å². The van der Waals surface area contributed by atoms with Gasteiger partial charge in [0.15, 0.2) is 0 Å². The molecule has 1 N–H and O–H groups in total. The third kappa shape index (κ3) is 7.99. The number of hydrogen-bond acceptors (Lipinski definition) is 3. The molecule has 0 radical (unpaired) electrons. The summed E-state index contributed by atoms with van der Waals surface area (Å²) in [6.07, 6.45) is -3.21. The predicted octanol–water partition coefficient (Wildman–Crippen LogP) is 7.11. The van der Waals surface area contributed by atoms with E-state index >= 15 is 0 Å². The highest BCUT2D eigenvalue weighted by atomic mass is 28.4. The molecule has 0 saturated heterocycles. The molecule has 0 heterocycles. The number of ether oxygens (including phenoxy) is 1. The van der Waals surface area contributed by atoms with Gasteiger partial charge in [-0.3, -0.25) is 4.79 Å². The Morgan fingerprint density at radius 3 is 1.79 bits per heavy atom. The molecule has 3 aromatic rings. The monoisotopic (exact) mass is 597 g/mol. The minimum atomic E-state index is -5.00. The van der Waals surface area contributed by atoms with Crippen LogP contribution in [0.4, 0.5) is 13.2 Å². The fraction of sp³-hybridized carbons (Fsp3) is 0.382. The molecule has 3 aromatic carbocycles. The van der Waals surface area contributed by atoms with Crippen LogP contribution in [-0.2, 0) is 14.0 Å². The van der Waals surface area contributed by atoms with Crippen LogP contribution in [0.1, 0.15) is 59.1 Å². The molecule has 3 atom stereocenters. The van der Waals surface area contributed by atoms with Crippen LogP contribution in [-0.4, -0.2) is 38.7 Å². The van der Waals surface area contributed by atoms with Crippen molar-refractivity contribution in [1.82, 2.24) is 5.32 Å². The van der Waals surface area contributed by atoms with Crippen molar-refractivity contribution >= 4 is 24.6 Å². The van der Waals surface area contributed by atoms with Crippen molar-refractivity contribution in [2.75, 3.05) is 6.61 Å². The molecule has 0 bridgehead atoms. The lowest BCUT2D eigenvalue weighted by Gasteiger charge is -2.44. The Morgan fingerprint density at radius 1 is 0.881 bits per heavy atom. The van der Waals surface area contributed by atoms with Crippen LogP contribution in [0.2, 0.25) is 5.04 Å². The third-order valence-electron chi connectivity index (χ3n) is 7.55. The van der Waals surface area contributed by atoms with Gasteiger partial charge in [0.1, 0.15) is 6.10 Å². The highest BCUT2D eigenvalue weighted by Crippen LogP contribution is 2.38. The maximum absolute atomic E-state index is 13.1. The predicted molar refractivity (Wildman–Crippen MR) is 165 cm³/mol. The van der Waals surface area contributed by atoms with E-state index in [0.717, 1.165) is 10.4 Å². The van der Waals surface area contributed by atoms with Crippen LogP contribution in [0.15, 0.2) is 104 Å². The van der Waals surface area contributed by atoms with Crippen molar-refractivity contribution in [3.05, 3.63) is 109 Å². The Hall–Kier alpha value is -3.20. The molecule has 0 aliphatic carbocycles. The van der Waals surface area contributed by atoms with E-state index in [-0.39, 0.29) is 5.04 Å². The van der Waals surface area contributed by atoms with Crippen LogP contribution < -0.4 is 15.7 Å². The summed E-state index contributed by atoms with van der Waals surface area (Å²) in [5.41, 5.74) is -0.180. The van der Waals surface area contributed by atoms with Gasteiger partial charge in [-0.1, -0.05) is 118 Å². The van der Waals surface area contributed by atoms with Gasteiger partial charge in [-0.2, -0.15) is 13.2 Å². The molecule has 0 aliphatic rings. The van der Waals surface area contributed by atoms with Gasteiger partial charge >= 0.3 is 12.1 Å². The minimum Gasteiger partial charge on any atom is -0.407 e. The smallest absolute Gasteiger partial charge is 0.407 e. The molecular weight excluding hydrogens is 555 g/mol. The lowest BCUT2D eigenvalue weighted by atomic mass is 9.95. The van der Waals surface area contributed by atoms with E-state index in [1.165, 1.54) is 6.92 Å². The Morgan fingerprint density at radius 2 is 1.36 bits per heavy atom. The quantitative estimate of drug-likeness (QED) is 0.169. The van der Waals surface area contributed by atoms with Gasteiger partial charge < -0.3 is 14.5 Å². The number of rotatable bonds is 13. The Labute approximate surface area is 249 Å². The van der Waals surface area contributed by atoms with Gasteiger partial charge in [-0.25, -0.2) is 0 Å². The average Bonchev–Trinajstić information content (AvgIpc) is 2.94. The number of carbonyl (C=O) groups excluding carboxylic acids is 1. The lowest BCUT2D eigenvalue weighted by molar-refractivity contribution is -0.176. The summed E-state index contributed by atoms with van der Waals surface area (Å²) in [5.74, 6) is -2.00. The van der Waals surface area contributed by atoms with E-state index in [4.69, 9.17) is 9.16 Å². The van der Waals surface area contributed by atoms with Gasteiger partial charge in [-0.15, -0.1) is 6.58 Å². The first-order valence-electron chi connectivity index (χ1n) is 14.2. The van der Waals surface area contributed by atoms with Crippen LogP contribution in [0, 0.1) is 0 Å². The van der Waals surface area contributed by atoms with Gasteiger partial charge in [0, 0.05) is 6.61 Å². The molecule has 226 valence electrons. The normalized spacial score (nSPS) is 15.3. The molecule has 0 spiro atoms. The first-order chi connectivity index (χ1) is 19.7. The zero-order valence-electron chi connectivity index (χ0n) is 25.1. The number of amides is 1. The summed E-state index contributed by atoms with van der Waals surface area (Å²) < 4.78 is 53.0. The molecule has 0 aliphatic heterocycles. The zero-order valence-corrected chi connectivity index (χ0v) is 26.1. The lowest BCUT2D eigenvalue weighted by Crippen LogP contribution is -2.66. The molecule has 0 aromatic heterocycles. The molecular formula is C34H42F3NO3Si. The Bertz CT molecular complexity index is 1240. The second-order valence-electron chi connectivity index (χ2n) is 11.9. The number of alkyl halides is 3. The molecule has 8 heteroatoms. The van der Waals surface area contributed by atoms with E-state index in [2.05, 4.69) is 56.9 Å². The van der Waals surface area contributed by atoms with E-state index in [9.17, 15) is 18.0 Å². The number of nitrogens with one attached hydrogen (secondary N) is 1. The number of benzene rings is 3. The Kier molecular flexibility index (Phi) is 11.0. The summed E-state index contributed by atoms with van der Waals surface area (Å²) in [5, 5.41) is 4.18. The zero-order chi connectivity index (χ0) is 31.0. The highest BCUT2D eigenvalue weighted by Gasteiger charge is 2.50. The van der Waals surface area contributed by atoms with Crippen LogP contribution in [0.5, 0.6) is 0 Å². The first-order valence-corrected chi connectivity index (χ1v) is 16.1. The maximum atomic E-state index is 13.1. The molecule has 0 fully saturated rings. The largest absolute Gasteiger partial charge is 0.471 e. The van der Waals surface area contributed by atoms with Gasteiger partial charge in [-0.05, 0) is 47.7 Å². The molecule has 42 heavy (non-hydrogen) atoms. The van der Waals surface area contributed by atoms with Crippen LogP contribution in [0.25, 0.3) is 0 Å². The topological polar surface area (TPSA) is 47.6 Å². The summed E-state index contributed by atoms with van der Waals surface area (Å²) >= 11 is 0. The van der Waals surface area contributed by atoms with Crippen molar-refractivity contribution in [2.24, 2.45) is 0 Å². The summed E-state index contributed by atoms with van der Waals surface area (Å²) in [4.78, 5) is 11.8. The Balaban J connectivity index is 1.94. The van der Waals surface area contributed by atoms with E-state index in [0.29, 0.717) is 25.0 Å². The van der Waals surface area contributed by atoms with Gasteiger partial charge in [0.2, 0.25) is 0 Å². The fourth-order valence-corrected chi connectivity index (χ4v) is 10.0. The number of hydrogen-bond donors (Lipinski definition) is 1. The maximum Gasteiger partial charge on any atom is 0.471 e. The first kappa shape index (κ1) is 33.3. The van der Waals surface area contributed by atoms with Gasteiger partial charge in [0.25, 0.3) is 8.32 Å². The molecule has 3 rings (SSSR count). The number of carbonyl (C=O) groups is 1. The number of halogens is 3. The molecule has 4 nitrogen and oxygen atoms in total. The fourth-order valence-electron chi connectivity index (χ4n) is 5.47. The van der Waals surface area contributed by atoms with E-state index < -0.39 is 38.1 Å². The molecule has 0 unspecified atom stereocenters. The van der Waals surface area contributed by atoms with E-state index in [1.807, 2.05) is 49.4 Å². The van der Waals surface area contributed by atoms with Crippen molar-refractivity contribution in [1.29, 1.82) is 0 Å². The SMILES string of the molecule is C=CC[C@@](C)(CCO[Si](c1ccccc1)(c1ccccc1)C(C)(C)C)O[C@@H](c1ccccc1)[C@H](C)NC(=O)C(F)(F)F. The molecule has 0 saturated carbocycles. The summed E-state index contributed by atoms with van der Waals surface area (Å²) in [7, 11) is -2.80. The summed E-state index contributed by atoms with van der Waals surface area (Å²) in [6.45, 7) is 14.3. The highest BCUT2D eigenvalue weighted by molar-refractivity contribution is 6.99. The minimum absolute atomic E-state index is 0.214. The average molecular weight is 598 g/mol. The molecule has 1 amide bonds. The summed E-state index contributed by atoms with van der Waals surface area (Å²) in [6, 6.07) is 28.6. The second kappa shape index (κ2) is 13.8.